The molecule has 5 aliphatic rings. The molecule has 22 nitrogen and oxygen atoms in total. The number of rotatable bonds is 8. The van der Waals surface area contributed by atoms with E-state index in [0.717, 1.165) is 73.1 Å². The topological polar surface area (TPSA) is 265 Å². The lowest BCUT2D eigenvalue weighted by Gasteiger charge is -2.25. The number of aliphatic imine (C=N–C) groups is 5. The average molecular weight is 1510 g/mol. The van der Waals surface area contributed by atoms with Gasteiger partial charge in [0.25, 0.3) is 35.0 Å². The largest absolute Gasteiger partial charge is 0.457 e. The number of carbonyl (C=O) groups excluding carboxylic acids is 1. The van der Waals surface area contributed by atoms with Crippen LogP contribution in [0.25, 0.3) is 24.2 Å². The molecule has 0 aliphatic carbocycles. The number of carbonyl (C=O) groups is 1. The molecule has 0 unspecified atom stereocenters. The zero-order chi connectivity index (χ0) is 83.0. The number of hydrogen-bond donors (Lipinski definition) is 0. The Morgan fingerprint density at radius 2 is 0.707 bits per heavy atom. The summed E-state index contributed by atoms with van der Waals surface area (Å²) in [4.78, 5) is 56.1. The van der Waals surface area contributed by atoms with Crippen LogP contribution in [-0.2, 0) is 0 Å². The number of fused-ring (bicyclic) bond motifs is 16. The van der Waals surface area contributed by atoms with Crippen molar-refractivity contribution in [2.24, 2.45) is 25.0 Å². The Hall–Kier alpha value is -17.6. The summed E-state index contributed by atoms with van der Waals surface area (Å²) in [6.45, 7) is 39.6. The van der Waals surface area contributed by atoms with Gasteiger partial charge >= 0.3 is 0 Å². The molecule has 0 saturated heterocycles. The molecular weight excluding hydrogens is 1440 g/mol. The minimum atomic E-state index is 0.0752. The molecule has 11 aromatic carbocycles. The van der Waals surface area contributed by atoms with E-state index in [1.807, 2.05) is 240 Å². The third kappa shape index (κ3) is 19.5. The molecule has 22 heteroatoms. The van der Waals surface area contributed by atoms with E-state index in [-0.39, 0.29) is 5.78 Å². The zero-order valence-electron chi connectivity index (χ0n) is 63.9. The molecular formula is C94H67N20O2+3. The maximum Gasteiger partial charge on any atom is 0.275 e. The summed E-state index contributed by atoms with van der Waals surface area (Å²) in [6, 6.07) is 93.9. The van der Waals surface area contributed by atoms with Crippen LogP contribution < -0.4 is 9.64 Å². The van der Waals surface area contributed by atoms with Gasteiger partial charge in [-0.3, -0.25) is 4.79 Å². The number of amidine groups is 8. The minimum absolute atomic E-state index is 0.0752. The molecule has 11 aromatic rings. The molecule has 16 rings (SSSR count). The Morgan fingerprint density at radius 1 is 0.379 bits per heavy atom. The fraction of sp³-hybridized carbons (Fsp3) is 0.0851. The standard InChI is InChI=1S/C40H23N12.C21H12N4.C13H10O.C12H10O.4C2H3N/c1-6-52-39-28-12-8-22(20-42)16-30(28)40(52)47-33-25-11-7-21(19-41)15-29(25)34(45-33)46-35-26-13-9-23(43-2)17-31(26)37(50(35)4)48-36-27-14-10-24(44-3)18-32(27)38(49-39)51(36)5;1-24-18-6-12-21(13-7-18)25(19-8-2-16(14-22)3-9-19)20-10-4-17(15-23)5-11-20;14-13(11-7-3-1-4-8-11)12-9-5-2-6-10-12;1-3-7-11(8-4-1)13-12-9-5-2-6-10-12;2*1-3-2;2*1-2-3/h7-18H,6H2,1,4-5H3;2-13H;1-10H;1-10H;4*1H3/q+3;;;;;;;. The SMILES string of the molecule is CC#N.CC#N.O=C(c1ccccc1)c1ccccc1.[C-]#[N+]C.[C-]#[N+]C.[C-]#[N+]c1ccc(N(c2ccc(C#N)cc2)c2ccc(C#N)cc2)cc1.[C-]#[N+]c1ccc2c(c1)C1=NC3=[N+](C)C(=NC4=[N+](CC)C(=NC5=NC(=NC2=[N+]1C)c1cc(C#N)ccc15)c1cc(C#N)ccc14)c1cc([N+]#[C-])ccc13.c1ccc(Oc2ccccc2)cc1. The number of nitrogens with zero attached hydrogens (tertiary/aromatic N) is 20. The lowest BCUT2D eigenvalue weighted by atomic mass is 10.0. The van der Waals surface area contributed by atoms with Gasteiger partial charge in [0.05, 0.1) is 138 Å². The van der Waals surface area contributed by atoms with Gasteiger partial charge in [-0.2, -0.15) is 36.6 Å². The van der Waals surface area contributed by atoms with E-state index < -0.39 is 0 Å². The quantitative estimate of drug-likeness (QED) is 0.0794. The molecule has 8 bridgehead atoms. The van der Waals surface area contributed by atoms with Crippen LogP contribution in [0.5, 0.6) is 11.5 Å². The third-order valence-electron chi connectivity index (χ3n) is 17.2. The first-order valence-corrected chi connectivity index (χ1v) is 35.4. The maximum atomic E-state index is 11.8. The van der Waals surface area contributed by atoms with Gasteiger partial charge in [-0.05, 0) is 140 Å². The van der Waals surface area contributed by atoms with Crippen molar-refractivity contribution >= 4 is 86.6 Å². The van der Waals surface area contributed by atoms with E-state index in [1.54, 1.807) is 78.9 Å². The number of ketones is 1. The molecule has 552 valence electrons. The Kier molecular flexibility index (Phi) is 28.9. The van der Waals surface area contributed by atoms with Crippen LogP contribution in [0, 0.1) is 101 Å². The first kappa shape index (κ1) is 82.5. The number of hydrogen-bond acceptors (Lipinski definition) is 14. The number of nitriles is 6. The van der Waals surface area contributed by atoms with Crippen LogP contribution in [0.3, 0.4) is 0 Å². The summed E-state index contributed by atoms with van der Waals surface area (Å²) in [5.74, 6) is 6.11. The molecule has 0 N–H and O–H groups in total. The van der Waals surface area contributed by atoms with Crippen molar-refractivity contribution < 1.29 is 23.3 Å². The van der Waals surface area contributed by atoms with Gasteiger partial charge in [-0.1, -0.05) is 153 Å². The second-order valence-electron chi connectivity index (χ2n) is 24.4. The highest BCUT2D eigenvalue weighted by Crippen LogP contribution is 2.37. The monoisotopic (exact) mass is 1510 g/mol. The fourth-order valence-electron chi connectivity index (χ4n) is 12.1. The molecule has 0 amide bonds. The summed E-state index contributed by atoms with van der Waals surface area (Å²) in [5, 5.41) is 52.3. The molecule has 5 aliphatic heterocycles. The highest BCUT2D eigenvalue weighted by molar-refractivity contribution is 6.31. The van der Waals surface area contributed by atoms with Crippen LogP contribution in [0.1, 0.15) is 103 Å². The van der Waals surface area contributed by atoms with Crippen LogP contribution in [-0.4, -0.2) is 101 Å². The smallest absolute Gasteiger partial charge is 0.275 e. The van der Waals surface area contributed by atoms with Crippen LogP contribution >= 0.6 is 0 Å². The fourth-order valence-corrected chi connectivity index (χ4v) is 12.1. The normalized spacial score (nSPS) is 11.7. The Morgan fingerprint density at radius 3 is 1.11 bits per heavy atom. The molecule has 0 fully saturated rings. The van der Waals surface area contributed by atoms with E-state index in [0.29, 0.717) is 104 Å². The van der Waals surface area contributed by atoms with Gasteiger partial charge in [-0.15, -0.1) is 0 Å². The van der Waals surface area contributed by atoms with E-state index in [4.69, 9.17) is 83.6 Å². The summed E-state index contributed by atoms with van der Waals surface area (Å²) in [5.41, 5.74) is 13.7. The Balaban J connectivity index is 0.000000197. The lowest BCUT2D eigenvalue weighted by molar-refractivity contribution is -0.400. The summed E-state index contributed by atoms with van der Waals surface area (Å²) >= 11 is 0. The van der Waals surface area contributed by atoms with Gasteiger partial charge in [-0.25, -0.2) is 41.4 Å². The highest BCUT2D eigenvalue weighted by atomic mass is 16.5. The summed E-state index contributed by atoms with van der Waals surface area (Å²) in [7, 11) is 6.60. The van der Waals surface area contributed by atoms with Gasteiger partial charge in [0.1, 0.15) is 11.5 Å². The van der Waals surface area contributed by atoms with E-state index >= 15 is 0 Å². The first-order chi connectivity index (χ1) is 56.6. The molecule has 116 heavy (non-hydrogen) atoms. The predicted molar refractivity (Wildman–Crippen MR) is 450 cm³/mol. The van der Waals surface area contributed by atoms with Crippen molar-refractivity contribution in [3.8, 4) is 47.9 Å². The molecule has 0 atom stereocenters. The molecule has 0 radical (unpaired) electrons. The Bertz CT molecular complexity index is 6080. The van der Waals surface area contributed by atoms with Gasteiger partial charge in [0.2, 0.25) is 25.8 Å². The number of anilines is 3. The van der Waals surface area contributed by atoms with Crippen molar-refractivity contribution in [2.45, 2.75) is 20.8 Å². The molecule has 5 heterocycles. The van der Waals surface area contributed by atoms with Gasteiger partial charge in [0, 0.05) is 47.6 Å². The van der Waals surface area contributed by atoms with Gasteiger partial charge < -0.3 is 19.3 Å². The van der Waals surface area contributed by atoms with E-state index in [2.05, 4.69) is 48.5 Å². The van der Waals surface area contributed by atoms with Crippen molar-refractivity contribution in [3.05, 3.63) is 402 Å². The zero-order valence-corrected chi connectivity index (χ0v) is 63.9. The number of benzene rings is 11. The third-order valence-corrected chi connectivity index (χ3v) is 17.2. The van der Waals surface area contributed by atoms with Crippen LogP contribution in [0.4, 0.5) is 34.1 Å². The first-order valence-electron chi connectivity index (χ1n) is 35.4. The van der Waals surface area contributed by atoms with Crippen LogP contribution in [0.2, 0.25) is 0 Å². The van der Waals surface area contributed by atoms with Crippen molar-refractivity contribution in [1.82, 2.24) is 0 Å². The second-order valence-corrected chi connectivity index (χ2v) is 24.4. The van der Waals surface area contributed by atoms with Gasteiger partial charge in [0.15, 0.2) is 22.8 Å². The number of ether oxygens (including phenoxy) is 1. The van der Waals surface area contributed by atoms with Crippen molar-refractivity contribution in [1.29, 1.82) is 31.6 Å². The summed E-state index contributed by atoms with van der Waals surface area (Å²) < 4.78 is 11.4. The van der Waals surface area contributed by atoms with E-state index in [9.17, 15) is 15.3 Å². The molecule has 0 aromatic heterocycles. The lowest BCUT2D eigenvalue weighted by Crippen LogP contribution is -2.25. The summed E-state index contributed by atoms with van der Waals surface area (Å²) in [6.07, 6.45) is 0. The van der Waals surface area contributed by atoms with Crippen molar-refractivity contribution in [2.75, 3.05) is 39.6 Å². The van der Waals surface area contributed by atoms with Crippen LogP contribution in [0.15, 0.2) is 292 Å². The average Bonchev–Trinajstić information content (AvgIpc) is 1.58. The molecule has 0 spiro atoms. The minimum Gasteiger partial charge on any atom is -0.457 e. The predicted octanol–water partition coefficient (Wildman–Crippen LogP) is 19.0. The second kappa shape index (κ2) is 40.6. The Labute approximate surface area is 672 Å². The molecule has 0 saturated carbocycles. The maximum absolute atomic E-state index is 11.8. The highest BCUT2D eigenvalue weighted by Gasteiger charge is 2.42. The number of para-hydroxylation sites is 2. The van der Waals surface area contributed by atoms with E-state index in [1.165, 1.54) is 27.9 Å². The van der Waals surface area contributed by atoms with Crippen molar-refractivity contribution in [3.63, 3.8) is 0 Å².